The van der Waals surface area contributed by atoms with Crippen LogP contribution >= 0.6 is 0 Å². The summed E-state index contributed by atoms with van der Waals surface area (Å²) in [6, 6.07) is 0.556. The SMILES string of the molecule is [CH]1CC(n2nccn2)C1. The molecule has 0 saturated heterocycles. The number of rotatable bonds is 1. The summed E-state index contributed by atoms with van der Waals surface area (Å²) in [5.74, 6) is 0. The predicted molar refractivity (Wildman–Crippen MR) is 32.6 cm³/mol. The zero-order chi connectivity index (χ0) is 6.10. The molecule has 1 fully saturated rings. The quantitative estimate of drug-likeness (QED) is 0.552. The van der Waals surface area contributed by atoms with Gasteiger partial charge >= 0.3 is 0 Å². The van der Waals surface area contributed by atoms with E-state index >= 15 is 0 Å². The third-order valence-electron chi connectivity index (χ3n) is 1.64. The fourth-order valence-corrected chi connectivity index (χ4v) is 0.919. The van der Waals surface area contributed by atoms with Crippen LogP contribution in [0.4, 0.5) is 0 Å². The van der Waals surface area contributed by atoms with Gasteiger partial charge in [0.25, 0.3) is 0 Å². The van der Waals surface area contributed by atoms with E-state index in [9.17, 15) is 0 Å². The Morgan fingerprint density at radius 1 is 1.22 bits per heavy atom. The summed E-state index contributed by atoms with van der Waals surface area (Å²) in [6.07, 6.45) is 7.95. The Hall–Kier alpha value is -0.860. The van der Waals surface area contributed by atoms with E-state index in [1.807, 2.05) is 0 Å². The average Bonchev–Trinajstić information content (AvgIpc) is 2.11. The van der Waals surface area contributed by atoms with Gasteiger partial charge in [0, 0.05) is 0 Å². The van der Waals surface area contributed by atoms with Crippen molar-refractivity contribution in [1.82, 2.24) is 15.0 Å². The van der Waals surface area contributed by atoms with Gasteiger partial charge in [0.15, 0.2) is 0 Å². The normalized spacial score (nSPS) is 19.6. The second-order valence-corrected chi connectivity index (χ2v) is 2.26. The smallest absolute Gasteiger partial charge is 0.0722 e. The van der Waals surface area contributed by atoms with Gasteiger partial charge < -0.3 is 0 Å². The van der Waals surface area contributed by atoms with E-state index in [2.05, 4.69) is 16.6 Å². The summed E-state index contributed by atoms with van der Waals surface area (Å²) in [5, 5.41) is 8.05. The number of nitrogens with zero attached hydrogens (tertiary/aromatic N) is 3. The van der Waals surface area contributed by atoms with Gasteiger partial charge in [0.2, 0.25) is 0 Å². The summed E-state index contributed by atoms with van der Waals surface area (Å²) in [4.78, 5) is 1.78. The van der Waals surface area contributed by atoms with Crippen molar-refractivity contribution in [2.75, 3.05) is 0 Å². The highest BCUT2D eigenvalue weighted by molar-refractivity contribution is 4.87. The Kier molecular flexibility index (Phi) is 1.01. The molecule has 3 heteroatoms. The van der Waals surface area contributed by atoms with Gasteiger partial charge in [-0.05, 0) is 19.3 Å². The highest BCUT2D eigenvalue weighted by Gasteiger charge is 2.20. The first-order valence-corrected chi connectivity index (χ1v) is 3.14. The van der Waals surface area contributed by atoms with E-state index in [0.717, 1.165) is 12.8 Å². The van der Waals surface area contributed by atoms with Gasteiger partial charge in [-0.3, -0.25) is 0 Å². The van der Waals surface area contributed by atoms with E-state index in [1.54, 1.807) is 17.2 Å². The molecule has 47 valence electrons. The van der Waals surface area contributed by atoms with E-state index < -0.39 is 0 Å². The molecule has 1 saturated carbocycles. The molecule has 1 heterocycles. The summed E-state index contributed by atoms with van der Waals surface area (Å²) in [7, 11) is 0. The minimum absolute atomic E-state index is 0.556. The first-order chi connectivity index (χ1) is 4.47. The van der Waals surface area contributed by atoms with Crippen molar-refractivity contribution >= 4 is 0 Å². The molecule has 0 spiro atoms. The van der Waals surface area contributed by atoms with E-state index in [-0.39, 0.29) is 0 Å². The summed E-state index contributed by atoms with van der Waals surface area (Å²) in [5.41, 5.74) is 0. The molecule has 0 N–H and O–H groups in total. The molecule has 2 rings (SSSR count). The molecule has 1 aliphatic rings. The third-order valence-corrected chi connectivity index (χ3v) is 1.64. The maximum atomic E-state index is 4.02. The lowest BCUT2D eigenvalue weighted by Crippen LogP contribution is -2.19. The molecule has 9 heavy (non-hydrogen) atoms. The van der Waals surface area contributed by atoms with Crippen molar-refractivity contribution in [2.45, 2.75) is 18.9 Å². The van der Waals surface area contributed by atoms with Crippen LogP contribution in [0.15, 0.2) is 12.4 Å². The van der Waals surface area contributed by atoms with Crippen molar-refractivity contribution in [1.29, 1.82) is 0 Å². The van der Waals surface area contributed by atoms with Gasteiger partial charge in [-0.2, -0.15) is 15.0 Å². The largest absolute Gasteiger partial charge is 0.182 e. The molecule has 0 atom stereocenters. The molecule has 1 aromatic rings. The molecule has 1 aromatic heterocycles. The van der Waals surface area contributed by atoms with Crippen molar-refractivity contribution in [3.63, 3.8) is 0 Å². The Morgan fingerprint density at radius 2 is 1.89 bits per heavy atom. The molecular formula is C6H8N3. The van der Waals surface area contributed by atoms with Crippen LogP contribution < -0.4 is 0 Å². The fourth-order valence-electron chi connectivity index (χ4n) is 0.919. The molecule has 0 aromatic carbocycles. The highest BCUT2D eigenvalue weighted by Crippen LogP contribution is 2.28. The maximum Gasteiger partial charge on any atom is 0.0722 e. The second kappa shape index (κ2) is 1.83. The first kappa shape index (κ1) is 4.97. The maximum absolute atomic E-state index is 4.02. The topological polar surface area (TPSA) is 30.7 Å². The zero-order valence-corrected chi connectivity index (χ0v) is 5.07. The van der Waals surface area contributed by atoms with E-state index in [0.29, 0.717) is 6.04 Å². The van der Waals surface area contributed by atoms with E-state index in [1.165, 1.54) is 0 Å². The number of hydrogen-bond acceptors (Lipinski definition) is 2. The summed E-state index contributed by atoms with van der Waals surface area (Å²) in [6.45, 7) is 0. The lowest BCUT2D eigenvalue weighted by atomic mass is 9.94. The van der Waals surface area contributed by atoms with Crippen molar-refractivity contribution in [2.24, 2.45) is 0 Å². The van der Waals surface area contributed by atoms with Crippen LogP contribution in [0.5, 0.6) is 0 Å². The molecule has 0 bridgehead atoms. The molecule has 3 nitrogen and oxygen atoms in total. The fraction of sp³-hybridized carbons (Fsp3) is 0.500. The van der Waals surface area contributed by atoms with Crippen LogP contribution in [0.1, 0.15) is 18.9 Å². The predicted octanol–water partition coefficient (Wildman–Crippen LogP) is 0.817. The second-order valence-electron chi connectivity index (χ2n) is 2.26. The summed E-state index contributed by atoms with van der Waals surface area (Å²) < 4.78 is 0. The lowest BCUT2D eigenvalue weighted by Gasteiger charge is -2.23. The van der Waals surface area contributed by atoms with Gasteiger partial charge in [0.05, 0.1) is 18.4 Å². The van der Waals surface area contributed by atoms with Gasteiger partial charge in [0.1, 0.15) is 0 Å². The minimum Gasteiger partial charge on any atom is -0.182 e. The first-order valence-electron chi connectivity index (χ1n) is 3.14. The molecule has 0 amide bonds. The lowest BCUT2D eigenvalue weighted by molar-refractivity contribution is 0.327. The average molecular weight is 122 g/mol. The Labute approximate surface area is 53.7 Å². The van der Waals surface area contributed by atoms with Crippen molar-refractivity contribution < 1.29 is 0 Å². The molecule has 0 aliphatic heterocycles. The van der Waals surface area contributed by atoms with Crippen molar-refractivity contribution in [3.8, 4) is 0 Å². The number of aromatic nitrogens is 3. The summed E-state index contributed by atoms with van der Waals surface area (Å²) >= 11 is 0. The Morgan fingerprint density at radius 3 is 2.33 bits per heavy atom. The molecule has 1 aliphatic carbocycles. The van der Waals surface area contributed by atoms with Crippen LogP contribution in [0.2, 0.25) is 0 Å². The van der Waals surface area contributed by atoms with Crippen LogP contribution in [0.3, 0.4) is 0 Å². The van der Waals surface area contributed by atoms with Crippen LogP contribution in [0, 0.1) is 6.42 Å². The minimum atomic E-state index is 0.556. The van der Waals surface area contributed by atoms with Crippen LogP contribution in [-0.4, -0.2) is 15.0 Å². The van der Waals surface area contributed by atoms with Gasteiger partial charge in [-0.15, -0.1) is 0 Å². The molecular weight excluding hydrogens is 114 g/mol. The van der Waals surface area contributed by atoms with Crippen LogP contribution in [-0.2, 0) is 0 Å². The number of hydrogen-bond donors (Lipinski definition) is 0. The van der Waals surface area contributed by atoms with Gasteiger partial charge in [-0.1, -0.05) is 0 Å². The molecule has 1 radical (unpaired) electrons. The van der Waals surface area contributed by atoms with E-state index in [4.69, 9.17) is 0 Å². The monoisotopic (exact) mass is 122 g/mol. The Balaban J connectivity index is 2.14. The standard InChI is InChI=1S/C6H8N3/c1-2-6(3-1)9-7-4-5-8-9/h1,4-6H,2-3H2. The van der Waals surface area contributed by atoms with Gasteiger partial charge in [-0.25, -0.2) is 0 Å². The van der Waals surface area contributed by atoms with Crippen molar-refractivity contribution in [3.05, 3.63) is 18.8 Å². The Bertz CT molecular complexity index is 176. The zero-order valence-electron chi connectivity index (χ0n) is 5.07. The van der Waals surface area contributed by atoms with Crippen LogP contribution in [0.25, 0.3) is 0 Å². The molecule has 0 unspecified atom stereocenters. The highest BCUT2D eigenvalue weighted by atomic mass is 15.5. The third kappa shape index (κ3) is 0.724.